The molecule has 0 bridgehead atoms. The Kier molecular flexibility index (Phi) is 4.45. The molecule has 2 amide bonds. The van der Waals surface area contributed by atoms with Gasteiger partial charge in [0.15, 0.2) is 5.65 Å². The highest BCUT2D eigenvalue weighted by Gasteiger charge is 2.29. The third-order valence-corrected chi connectivity index (χ3v) is 5.08. The van der Waals surface area contributed by atoms with Crippen LogP contribution < -0.4 is 15.8 Å². The molecule has 1 unspecified atom stereocenters. The van der Waals surface area contributed by atoms with E-state index in [0.29, 0.717) is 0 Å². The number of urea groups is 1. The number of hydrogen-bond donors (Lipinski definition) is 2. The van der Waals surface area contributed by atoms with Crippen molar-refractivity contribution >= 4 is 11.7 Å². The van der Waals surface area contributed by atoms with Gasteiger partial charge in [-0.1, -0.05) is 45.0 Å². The first-order valence-corrected chi connectivity index (χ1v) is 9.49. The minimum absolute atomic E-state index is 0.0821. The van der Waals surface area contributed by atoms with E-state index in [1.807, 2.05) is 47.0 Å². The van der Waals surface area contributed by atoms with E-state index >= 15 is 0 Å². The number of primary amides is 1. The van der Waals surface area contributed by atoms with Crippen molar-refractivity contribution in [1.82, 2.24) is 19.9 Å². The largest absolute Gasteiger partial charge is 0.484 e. The lowest BCUT2D eigenvalue weighted by atomic mass is 9.85. The predicted molar refractivity (Wildman–Crippen MR) is 106 cm³/mol. The summed E-state index contributed by atoms with van der Waals surface area (Å²) < 4.78 is 8.35. The molecule has 3 N–H and O–H groups in total. The molecule has 0 saturated carbocycles. The molecule has 4 rings (SSSR count). The van der Waals surface area contributed by atoms with Crippen LogP contribution in [0, 0.1) is 0 Å². The van der Waals surface area contributed by atoms with Gasteiger partial charge in [0.05, 0.1) is 12.2 Å². The Hall–Kier alpha value is -3.09. The van der Waals surface area contributed by atoms with Crippen LogP contribution in [-0.4, -0.2) is 20.6 Å². The van der Waals surface area contributed by atoms with E-state index in [4.69, 9.17) is 10.5 Å². The number of pyridine rings is 1. The Bertz CT molecular complexity index is 1020. The summed E-state index contributed by atoms with van der Waals surface area (Å²) >= 11 is 0. The van der Waals surface area contributed by atoms with Crippen molar-refractivity contribution in [3.05, 3.63) is 59.5 Å². The Morgan fingerprint density at radius 1 is 1.14 bits per heavy atom. The van der Waals surface area contributed by atoms with E-state index in [0.717, 1.165) is 41.2 Å². The first-order chi connectivity index (χ1) is 13.3. The van der Waals surface area contributed by atoms with Crippen molar-refractivity contribution in [1.29, 1.82) is 0 Å². The molecule has 1 aliphatic rings. The van der Waals surface area contributed by atoms with Crippen molar-refractivity contribution < 1.29 is 9.53 Å². The normalized spacial score (nSPS) is 19.2. The highest BCUT2D eigenvalue weighted by atomic mass is 16.5. The van der Waals surface area contributed by atoms with E-state index in [2.05, 4.69) is 36.3 Å². The number of rotatable bonds is 3. The molecule has 2 atom stereocenters. The number of nitrogens with two attached hydrogens (primary N) is 1. The number of hydrogen-bond acceptors (Lipinski definition) is 4. The summed E-state index contributed by atoms with van der Waals surface area (Å²) in [7, 11) is 0. The molecule has 7 heteroatoms. The average molecular weight is 379 g/mol. The van der Waals surface area contributed by atoms with E-state index < -0.39 is 6.03 Å². The second-order valence-corrected chi connectivity index (χ2v) is 8.24. The fourth-order valence-electron chi connectivity index (χ4n) is 3.81. The molecule has 7 nitrogen and oxygen atoms in total. The number of carbonyl (C=O) groups excluding carboxylic acids is 1. The molecule has 0 radical (unpaired) electrons. The van der Waals surface area contributed by atoms with Gasteiger partial charge < -0.3 is 15.8 Å². The van der Waals surface area contributed by atoms with Crippen LogP contribution in [-0.2, 0) is 5.41 Å². The van der Waals surface area contributed by atoms with Gasteiger partial charge in [-0.05, 0) is 36.1 Å². The Labute approximate surface area is 163 Å². The van der Waals surface area contributed by atoms with Gasteiger partial charge in [-0.25, -0.2) is 4.79 Å². The molecular weight excluding hydrogens is 354 g/mol. The summed E-state index contributed by atoms with van der Waals surface area (Å²) in [6.45, 7) is 6.33. The minimum Gasteiger partial charge on any atom is -0.484 e. The van der Waals surface area contributed by atoms with Gasteiger partial charge in [0, 0.05) is 5.41 Å². The predicted octanol–water partition coefficient (Wildman–Crippen LogP) is 3.65. The molecule has 0 fully saturated rings. The summed E-state index contributed by atoms with van der Waals surface area (Å²) in [5.41, 5.74) is 8.14. The fourth-order valence-corrected chi connectivity index (χ4v) is 3.81. The molecule has 0 spiro atoms. The summed E-state index contributed by atoms with van der Waals surface area (Å²) in [6, 6.07) is 11.3. The van der Waals surface area contributed by atoms with E-state index in [1.54, 1.807) is 0 Å². The standard InChI is InChI=1S/C21H25N5O2/c1-21(2,3)19-25-24-18-11-8-13(12-26(18)19)28-17-10-9-16(23-20(22)27)14-6-4-5-7-15(14)17/h4-8,11-12,16-17H,9-10H2,1-3H3,(H3,22,23,27)/t16-,17?/m0/s1. The molecule has 2 aromatic heterocycles. The molecular formula is C21H25N5O2. The highest BCUT2D eigenvalue weighted by Crippen LogP contribution is 2.38. The molecule has 146 valence electrons. The second-order valence-electron chi connectivity index (χ2n) is 8.24. The zero-order chi connectivity index (χ0) is 19.9. The molecule has 2 heterocycles. The van der Waals surface area contributed by atoms with Gasteiger partial charge in [-0.2, -0.15) is 0 Å². The lowest BCUT2D eigenvalue weighted by Crippen LogP contribution is -2.36. The maximum atomic E-state index is 11.3. The monoisotopic (exact) mass is 379 g/mol. The van der Waals surface area contributed by atoms with Gasteiger partial charge >= 0.3 is 6.03 Å². The molecule has 0 saturated heterocycles. The number of fused-ring (bicyclic) bond motifs is 2. The number of nitrogens with zero attached hydrogens (tertiary/aromatic N) is 3. The van der Waals surface area contributed by atoms with Gasteiger partial charge in [-0.15, -0.1) is 10.2 Å². The van der Waals surface area contributed by atoms with Crippen LogP contribution in [0.1, 0.15) is 62.7 Å². The van der Waals surface area contributed by atoms with E-state index in [-0.39, 0.29) is 17.6 Å². The van der Waals surface area contributed by atoms with Crippen molar-refractivity contribution in [2.75, 3.05) is 0 Å². The van der Waals surface area contributed by atoms with Crippen LogP contribution in [0.15, 0.2) is 42.6 Å². The van der Waals surface area contributed by atoms with Crippen LogP contribution >= 0.6 is 0 Å². The number of aromatic nitrogens is 3. The van der Waals surface area contributed by atoms with E-state index in [1.165, 1.54) is 0 Å². The van der Waals surface area contributed by atoms with Crippen molar-refractivity contribution in [2.24, 2.45) is 5.73 Å². The smallest absolute Gasteiger partial charge is 0.312 e. The molecule has 0 aliphatic heterocycles. The van der Waals surface area contributed by atoms with Crippen molar-refractivity contribution in [3.63, 3.8) is 0 Å². The van der Waals surface area contributed by atoms with E-state index in [9.17, 15) is 4.79 Å². The molecule has 3 aromatic rings. The average Bonchev–Trinajstić information content (AvgIpc) is 3.07. The Balaban J connectivity index is 1.65. The van der Waals surface area contributed by atoms with Gasteiger partial charge in [0.1, 0.15) is 17.7 Å². The molecule has 1 aromatic carbocycles. The topological polar surface area (TPSA) is 94.5 Å². The number of amides is 2. The zero-order valence-corrected chi connectivity index (χ0v) is 16.3. The van der Waals surface area contributed by atoms with Gasteiger partial charge in [0.25, 0.3) is 0 Å². The third-order valence-electron chi connectivity index (χ3n) is 5.08. The van der Waals surface area contributed by atoms with Crippen LogP contribution in [0.4, 0.5) is 4.79 Å². The summed E-state index contributed by atoms with van der Waals surface area (Å²) in [6.07, 6.45) is 3.42. The third kappa shape index (κ3) is 3.40. The maximum absolute atomic E-state index is 11.3. The summed E-state index contributed by atoms with van der Waals surface area (Å²) in [5, 5.41) is 11.4. The lowest BCUT2D eigenvalue weighted by Gasteiger charge is -2.32. The van der Waals surface area contributed by atoms with Crippen LogP contribution in [0.25, 0.3) is 5.65 Å². The zero-order valence-electron chi connectivity index (χ0n) is 16.3. The first kappa shape index (κ1) is 18.3. The van der Waals surface area contributed by atoms with Crippen LogP contribution in [0.5, 0.6) is 5.75 Å². The Morgan fingerprint density at radius 3 is 2.61 bits per heavy atom. The lowest BCUT2D eigenvalue weighted by molar-refractivity contribution is 0.171. The van der Waals surface area contributed by atoms with Crippen LogP contribution in [0.3, 0.4) is 0 Å². The number of ether oxygens (including phenoxy) is 1. The quantitative estimate of drug-likeness (QED) is 0.726. The maximum Gasteiger partial charge on any atom is 0.312 e. The Morgan fingerprint density at radius 2 is 1.89 bits per heavy atom. The number of benzene rings is 1. The molecule has 1 aliphatic carbocycles. The number of carbonyl (C=O) groups is 1. The highest BCUT2D eigenvalue weighted by molar-refractivity contribution is 5.72. The fraction of sp³-hybridized carbons (Fsp3) is 0.381. The SMILES string of the molecule is CC(C)(C)c1nnc2ccc(OC3CC[C@H](NC(N)=O)c4ccccc43)cn12. The molecule has 28 heavy (non-hydrogen) atoms. The minimum atomic E-state index is -0.507. The summed E-state index contributed by atoms with van der Waals surface area (Å²) in [5.74, 6) is 1.65. The van der Waals surface area contributed by atoms with Gasteiger partial charge in [-0.3, -0.25) is 4.40 Å². The first-order valence-electron chi connectivity index (χ1n) is 9.49. The van der Waals surface area contributed by atoms with Crippen molar-refractivity contribution in [2.45, 2.75) is 51.2 Å². The second kappa shape index (κ2) is 6.82. The van der Waals surface area contributed by atoms with Gasteiger partial charge in [0.2, 0.25) is 0 Å². The van der Waals surface area contributed by atoms with Crippen molar-refractivity contribution in [3.8, 4) is 5.75 Å². The summed E-state index contributed by atoms with van der Waals surface area (Å²) in [4.78, 5) is 11.3. The van der Waals surface area contributed by atoms with Crippen LogP contribution in [0.2, 0.25) is 0 Å². The number of nitrogens with one attached hydrogen (secondary N) is 1.